The molecule has 1 aromatic carbocycles. The molecule has 1 amide bonds. The highest BCUT2D eigenvalue weighted by atomic mass is 35.5. The third-order valence-electron chi connectivity index (χ3n) is 5.43. The molecule has 0 radical (unpaired) electrons. The van der Waals surface area contributed by atoms with E-state index in [4.69, 9.17) is 26.8 Å². The van der Waals surface area contributed by atoms with Gasteiger partial charge in [-0.25, -0.2) is 13.8 Å². The Labute approximate surface area is 197 Å². The number of nitrogens with one attached hydrogen (secondary N) is 1. The van der Waals surface area contributed by atoms with E-state index in [-0.39, 0.29) is 28.6 Å². The highest BCUT2D eigenvalue weighted by Gasteiger charge is 2.30. The second kappa shape index (κ2) is 9.72. The Balaban J connectivity index is 1.54. The lowest BCUT2D eigenvalue weighted by Gasteiger charge is -2.17. The number of aromatic nitrogens is 3. The van der Waals surface area contributed by atoms with Crippen LogP contribution in [0.3, 0.4) is 0 Å². The van der Waals surface area contributed by atoms with E-state index in [2.05, 4.69) is 15.4 Å². The first-order valence-corrected chi connectivity index (χ1v) is 11.4. The minimum Gasteiger partial charge on any atom is -0.495 e. The average Bonchev–Trinajstić information content (AvgIpc) is 3.38. The molecule has 4 rings (SSSR count). The van der Waals surface area contributed by atoms with Crippen LogP contribution in [0, 0.1) is 5.82 Å². The number of rotatable bonds is 5. The van der Waals surface area contributed by atoms with Gasteiger partial charge in [0.2, 0.25) is 0 Å². The zero-order chi connectivity index (χ0) is 23.7. The summed E-state index contributed by atoms with van der Waals surface area (Å²) >= 11 is 7.21. The number of methoxy groups -OCH3 is 1. The number of hydrogen-bond acceptors (Lipinski definition) is 7. The van der Waals surface area contributed by atoms with Gasteiger partial charge < -0.3 is 20.5 Å². The maximum Gasteiger partial charge on any atom is 0.275 e. The molecule has 3 atom stereocenters. The standard InChI is InChI=1S/C21H22ClF2N5O3S/c1-29-19(17-4-3-14(25)13(24)8-32-17)15(7-26-29)27-20(30)16-9-33-21(28-16)10-5-11(22)18(31-2)6-12(10)23/h5-7,9,13-14,17H,3-4,8,25H2,1-2H3,(H,27,30)/t13-,14-,17+/m1/s1. The van der Waals surface area contributed by atoms with Crippen LogP contribution in [0.4, 0.5) is 14.5 Å². The number of carbonyl (C=O) groups excluding carboxylic acids is 1. The lowest BCUT2D eigenvalue weighted by Crippen LogP contribution is -2.32. The average molecular weight is 498 g/mol. The number of ether oxygens (including phenoxy) is 2. The highest BCUT2D eigenvalue weighted by Crippen LogP contribution is 2.35. The summed E-state index contributed by atoms with van der Waals surface area (Å²) in [5, 5.41) is 9.02. The first-order chi connectivity index (χ1) is 15.8. The highest BCUT2D eigenvalue weighted by molar-refractivity contribution is 7.13. The number of nitrogens with two attached hydrogens (primary N) is 1. The number of alkyl halides is 1. The first kappa shape index (κ1) is 23.6. The Hall–Kier alpha value is -2.60. The fraction of sp³-hybridized carbons (Fsp3) is 0.381. The summed E-state index contributed by atoms with van der Waals surface area (Å²) in [6.45, 7) is -0.129. The van der Waals surface area contributed by atoms with Crippen LogP contribution in [0.5, 0.6) is 5.75 Å². The van der Waals surface area contributed by atoms with E-state index in [1.807, 2.05) is 0 Å². The van der Waals surface area contributed by atoms with Crippen LogP contribution in [0.2, 0.25) is 5.02 Å². The van der Waals surface area contributed by atoms with Crippen LogP contribution >= 0.6 is 22.9 Å². The van der Waals surface area contributed by atoms with Crippen molar-refractivity contribution in [3.8, 4) is 16.3 Å². The molecule has 1 aliphatic heterocycles. The van der Waals surface area contributed by atoms with Gasteiger partial charge in [0.05, 0.1) is 36.3 Å². The number of aryl methyl sites for hydroxylation is 1. The molecule has 2 aromatic heterocycles. The molecule has 3 aromatic rings. The van der Waals surface area contributed by atoms with E-state index < -0.39 is 30.0 Å². The second-order valence-electron chi connectivity index (χ2n) is 7.60. The number of halogens is 3. The minimum absolute atomic E-state index is 0.101. The topological polar surface area (TPSA) is 104 Å². The molecule has 176 valence electrons. The number of carbonyl (C=O) groups is 1. The number of thiazole rings is 1. The summed E-state index contributed by atoms with van der Waals surface area (Å²) in [6.07, 6.45) is 0.700. The summed E-state index contributed by atoms with van der Waals surface area (Å²) in [5.74, 6) is -0.861. The Bertz CT molecular complexity index is 1160. The minimum atomic E-state index is -1.25. The fourth-order valence-corrected chi connectivity index (χ4v) is 4.68. The monoisotopic (exact) mass is 497 g/mol. The van der Waals surface area contributed by atoms with Gasteiger partial charge in [-0.15, -0.1) is 11.3 Å². The molecule has 3 N–H and O–H groups in total. The molecule has 0 spiro atoms. The maximum atomic E-state index is 14.5. The Morgan fingerprint density at radius 2 is 2.21 bits per heavy atom. The van der Waals surface area contributed by atoms with E-state index in [1.165, 1.54) is 30.8 Å². The van der Waals surface area contributed by atoms with Crippen molar-refractivity contribution < 1.29 is 23.0 Å². The molecule has 0 aliphatic carbocycles. The van der Waals surface area contributed by atoms with Crippen molar-refractivity contribution in [1.82, 2.24) is 14.8 Å². The summed E-state index contributed by atoms with van der Waals surface area (Å²) in [6, 6.07) is 1.98. The molecule has 1 fully saturated rings. The van der Waals surface area contributed by atoms with Gasteiger partial charge in [-0.3, -0.25) is 9.48 Å². The SMILES string of the molecule is COc1cc(F)c(-c2nc(C(=O)Nc3cnn(C)c3[C@@H]3CC[C@@H](N)[C@H](F)CO3)cs2)cc1Cl. The van der Waals surface area contributed by atoms with Crippen molar-refractivity contribution in [2.75, 3.05) is 19.0 Å². The van der Waals surface area contributed by atoms with Crippen LogP contribution < -0.4 is 15.8 Å². The lowest BCUT2D eigenvalue weighted by molar-refractivity contribution is 0.0247. The van der Waals surface area contributed by atoms with Crippen molar-refractivity contribution in [1.29, 1.82) is 0 Å². The molecule has 3 heterocycles. The van der Waals surface area contributed by atoms with E-state index in [1.54, 1.807) is 11.7 Å². The summed E-state index contributed by atoms with van der Waals surface area (Å²) in [5.41, 5.74) is 7.11. The number of anilines is 1. The van der Waals surface area contributed by atoms with Crippen molar-refractivity contribution in [2.45, 2.75) is 31.2 Å². The van der Waals surface area contributed by atoms with Crippen molar-refractivity contribution >= 4 is 34.5 Å². The molecule has 0 bridgehead atoms. The molecule has 8 nitrogen and oxygen atoms in total. The summed E-state index contributed by atoms with van der Waals surface area (Å²) < 4.78 is 40.7. The molecule has 1 saturated heterocycles. The number of nitrogens with zero attached hydrogens (tertiary/aromatic N) is 3. The molecule has 33 heavy (non-hydrogen) atoms. The number of amides is 1. The van der Waals surface area contributed by atoms with Crippen molar-refractivity contribution in [3.63, 3.8) is 0 Å². The van der Waals surface area contributed by atoms with Crippen molar-refractivity contribution in [2.24, 2.45) is 12.8 Å². The van der Waals surface area contributed by atoms with Crippen LogP contribution in [-0.4, -0.2) is 46.6 Å². The predicted octanol–water partition coefficient (Wildman–Crippen LogP) is 4.11. The van der Waals surface area contributed by atoms with Gasteiger partial charge in [-0.2, -0.15) is 5.10 Å². The maximum absolute atomic E-state index is 14.5. The van der Waals surface area contributed by atoms with E-state index in [0.29, 0.717) is 29.2 Å². The molecule has 0 unspecified atom stereocenters. The zero-order valence-electron chi connectivity index (χ0n) is 17.8. The lowest BCUT2D eigenvalue weighted by atomic mass is 10.0. The van der Waals surface area contributed by atoms with Gasteiger partial charge in [0, 0.05) is 30.1 Å². The normalized spacial score (nSPS) is 21.0. The van der Waals surface area contributed by atoms with Gasteiger partial charge in [0.1, 0.15) is 34.5 Å². The Kier molecular flexibility index (Phi) is 6.94. The van der Waals surface area contributed by atoms with Gasteiger partial charge in [-0.1, -0.05) is 11.6 Å². The smallest absolute Gasteiger partial charge is 0.275 e. The Morgan fingerprint density at radius 1 is 1.42 bits per heavy atom. The number of benzene rings is 1. The van der Waals surface area contributed by atoms with Gasteiger partial charge in [0.25, 0.3) is 5.91 Å². The molecule has 1 aliphatic rings. The first-order valence-electron chi connectivity index (χ1n) is 10.1. The zero-order valence-corrected chi connectivity index (χ0v) is 19.4. The second-order valence-corrected chi connectivity index (χ2v) is 8.87. The molecular weight excluding hydrogens is 476 g/mol. The van der Waals surface area contributed by atoms with Crippen LogP contribution in [-0.2, 0) is 11.8 Å². The number of hydrogen-bond donors (Lipinski definition) is 2. The van der Waals surface area contributed by atoms with Gasteiger partial charge in [0.15, 0.2) is 0 Å². The third kappa shape index (κ3) is 4.86. The van der Waals surface area contributed by atoms with E-state index in [0.717, 1.165) is 11.3 Å². The van der Waals surface area contributed by atoms with E-state index in [9.17, 15) is 13.6 Å². The molecule has 0 saturated carbocycles. The molecule has 12 heteroatoms. The third-order valence-corrected chi connectivity index (χ3v) is 6.60. The van der Waals surface area contributed by atoms with Crippen LogP contribution in [0.15, 0.2) is 23.7 Å². The summed E-state index contributed by atoms with van der Waals surface area (Å²) in [7, 11) is 3.10. The van der Waals surface area contributed by atoms with Crippen LogP contribution in [0.25, 0.3) is 10.6 Å². The quantitative estimate of drug-likeness (QED) is 0.549. The largest absolute Gasteiger partial charge is 0.495 e. The predicted molar refractivity (Wildman–Crippen MR) is 121 cm³/mol. The van der Waals surface area contributed by atoms with E-state index >= 15 is 0 Å². The fourth-order valence-electron chi connectivity index (χ4n) is 3.62. The van der Waals surface area contributed by atoms with Crippen molar-refractivity contribution in [3.05, 3.63) is 45.9 Å². The molecular formula is C21H22ClF2N5O3S. The van der Waals surface area contributed by atoms with Gasteiger partial charge in [-0.05, 0) is 18.9 Å². The summed E-state index contributed by atoms with van der Waals surface area (Å²) in [4.78, 5) is 17.1. The van der Waals surface area contributed by atoms with Crippen LogP contribution in [0.1, 0.15) is 35.1 Å². The van der Waals surface area contributed by atoms with Gasteiger partial charge >= 0.3 is 0 Å². The Morgan fingerprint density at radius 3 is 2.97 bits per heavy atom.